The quantitative estimate of drug-likeness (QED) is 0.590. The van der Waals surface area contributed by atoms with Gasteiger partial charge in [-0.1, -0.05) is 20.8 Å². The first-order valence-electron chi connectivity index (χ1n) is 10.5. The number of hydrogen-bond acceptors (Lipinski definition) is 3. The fourth-order valence-corrected chi connectivity index (χ4v) is 6.20. The predicted octanol–water partition coefficient (Wildman–Crippen LogP) is 5.22. The van der Waals surface area contributed by atoms with Gasteiger partial charge >= 0.3 is 5.97 Å². The van der Waals surface area contributed by atoms with Crippen molar-refractivity contribution in [2.75, 3.05) is 13.2 Å². The molecule has 3 nitrogen and oxygen atoms in total. The molecule has 0 N–H and O–H groups in total. The summed E-state index contributed by atoms with van der Waals surface area (Å²) in [5.41, 5.74) is -0.909. The van der Waals surface area contributed by atoms with Crippen LogP contribution in [0.4, 0.5) is 0 Å². The van der Waals surface area contributed by atoms with Gasteiger partial charge in [-0.25, -0.2) is 0 Å². The monoisotopic (exact) mass is 350 g/mol. The summed E-state index contributed by atoms with van der Waals surface area (Å²) in [4.78, 5) is 13.2. The third-order valence-corrected chi connectivity index (χ3v) is 7.77. The van der Waals surface area contributed by atoms with Gasteiger partial charge in [-0.15, -0.1) is 0 Å². The van der Waals surface area contributed by atoms with Gasteiger partial charge in [-0.3, -0.25) is 4.79 Å². The fraction of sp³-hybridized carbons (Fsp3) is 0.955. The highest BCUT2D eigenvalue weighted by Crippen LogP contribution is 2.64. The Hall–Kier alpha value is -0.570. The number of esters is 1. The molecule has 0 atom stereocenters. The highest BCUT2D eigenvalue weighted by Gasteiger charge is 2.65. The second kappa shape index (κ2) is 6.55. The summed E-state index contributed by atoms with van der Waals surface area (Å²) in [7, 11) is 0. The van der Waals surface area contributed by atoms with E-state index in [2.05, 4.69) is 20.8 Å². The van der Waals surface area contributed by atoms with Gasteiger partial charge < -0.3 is 9.47 Å². The Balaban J connectivity index is 1.96. The number of rotatable bonds is 7. The van der Waals surface area contributed by atoms with Crippen molar-refractivity contribution in [3.8, 4) is 0 Å². The highest BCUT2D eigenvalue weighted by molar-refractivity contribution is 5.76. The molecule has 4 bridgehead atoms. The van der Waals surface area contributed by atoms with Crippen LogP contribution < -0.4 is 0 Å². The summed E-state index contributed by atoms with van der Waals surface area (Å²) >= 11 is 0. The number of hydrogen-bond donors (Lipinski definition) is 0. The Morgan fingerprint density at radius 3 is 1.92 bits per heavy atom. The minimum Gasteiger partial charge on any atom is -0.457 e. The molecule has 0 aliphatic heterocycles. The first-order valence-corrected chi connectivity index (χ1v) is 10.5. The molecule has 4 aliphatic rings. The molecule has 0 spiro atoms. The van der Waals surface area contributed by atoms with E-state index in [9.17, 15) is 4.79 Å². The van der Waals surface area contributed by atoms with E-state index in [-0.39, 0.29) is 17.0 Å². The highest BCUT2D eigenvalue weighted by atomic mass is 16.6. The molecule has 0 aromatic heterocycles. The van der Waals surface area contributed by atoms with E-state index in [0.717, 1.165) is 18.3 Å². The van der Waals surface area contributed by atoms with E-state index in [1.165, 1.54) is 32.1 Å². The molecule has 0 saturated heterocycles. The van der Waals surface area contributed by atoms with Gasteiger partial charge in [0.15, 0.2) is 0 Å². The van der Waals surface area contributed by atoms with Crippen molar-refractivity contribution in [2.24, 2.45) is 34.5 Å². The molecule has 0 heterocycles. The van der Waals surface area contributed by atoms with Crippen LogP contribution in [0.25, 0.3) is 0 Å². The Labute approximate surface area is 154 Å². The van der Waals surface area contributed by atoms with Crippen molar-refractivity contribution in [2.45, 2.75) is 85.7 Å². The van der Waals surface area contributed by atoms with E-state index in [1.807, 2.05) is 20.8 Å². The molecule has 3 heteroatoms. The van der Waals surface area contributed by atoms with Gasteiger partial charge in [-0.2, -0.15) is 0 Å². The van der Waals surface area contributed by atoms with Gasteiger partial charge in [0.05, 0.1) is 12.0 Å². The van der Waals surface area contributed by atoms with Gasteiger partial charge in [0, 0.05) is 23.9 Å². The van der Waals surface area contributed by atoms with Crippen molar-refractivity contribution in [3.05, 3.63) is 0 Å². The van der Waals surface area contributed by atoms with E-state index in [1.54, 1.807) is 0 Å². The lowest BCUT2D eigenvalue weighted by Gasteiger charge is -2.65. The van der Waals surface area contributed by atoms with Crippen LogP contribution in [0.15, 0.2) is 0 Å². The molecule has 4 fully saturated rings. The maximum absolute atomic E-state index is 13.2. The van der Waals surface area contributed by atoms with Gasteiger partial charge in [-0.05, 0) is 71.1 Å². The largest absolute Gasteiger partial charge is 0.457 e. The molecule has 4 saturated carbocycles. The minimum absolute atomic E-state index is 0.00736. The molecular formula is C22H38O3. The minimum atomic E-state index is -0.413. The van der Waals surface area contributed by atoms with Crippen LogP contribution in [0.1, 0.15) is 80.1 Å². The SMILES string of the molecule is CCOCC(C)(C)C1(OC(=O)C(C)(C)CC)C2CC3CC(C2)CC1C3. The van der Waals surface area contributed by atoms with E-state index in [0.29, 0.717) is 25.0 Å². The number of carbonyl (C=O) groups is 1. The lowest BCUT2D eigenvalue weighted by Crippen LogP contribution is -2.67. The van der Waals surface area contributed by atoms with Crippen LogP contribution in [0.5, 0.6) is 0 Å². The number of ether oxygens (including phenoxy) is 2. The normalized spacial score (nSPS) is 37.4. The molecule has 0 amide bonds. The van der Waals surface area contributed by atoms with Crippen LogP contribution in [0.2, 0.25) is 0 Å². The maximum Gasteiger partial charge on any atom is 0.312 e. The average molecular weight is 351 g/mol. The van der Waals surface area contributed by atoms with E-state index < -0.39 is 5.41 Å². The zero-order valence-corrected chi connectivity index (χ0v) is 17.2. The summed E-state index contributed by atoms with van der Waals surface area (Å²) in [6, 6.07) is 0. The molecule has 4 rings (SSSR count). The van der Waals surface area contributed by atoms with Crippen LogP contribution in [0.3, 0.4) is 0 Å². The zero-order valence-electron chi connectivity index (χ0n) is 17.2. The predicted molar refractivity (Wildman–Crippen MR) is 100 cm³/mol. The van der Waals surface area contributed by atoms with Gasteiger partial charge in [0.2, 0.25) is 0 Å². The summed E-state index contributed by atoms with van der Waals surface area (Å²) < 4.78 is 12.5. The Bertz CT molecular complexity index is 477. The Morgan fingerprint density at radius 1 is 0.960 bits per heavy atom. The first kappa shape index (κ1) is 19.2. The summed E-state index contributed by atoms with van der Waals surface area (Å²) in [6.07, 6.45) is 7.17. The van der Waals surface area contributed by atoms with Crippen molar-refractivity contribution >= 4 is 5.97 Å². The van der Waals surface area contributed by atoms with E-state index in [4.69, 9.17) is 9.47 Å². The second-order valence-corrected chi connectivity index (χ2v) is 10.2. The molecule has 25 heavy (non-hydrogen) atoms. The smallest absolute Gasteiger partial charge is 0.312 e. The topological polar surface area (TPSA) is 35.5 Å². The van der Waals surface area contributed by atoms with Gasteiger partial charge in [0.25, 0.3) is 0 Å². The van der Waals surface area contributed by atoms with Crippen LogP contribution in [-0.4, -0.2) is 24.8 Å². The van der Waals surface area contributed by atoms with Crippen molar-refractivity contribution in [1.29, 1.82) is 0 Å². The lowest BCUT2D eigenvalue weighted by molar-refractivity contribution is -0.260. The average Bonchev–Trinajstić information content (AvgIpc) is 2.55. The molecule has 0 radical (unpaired) electrons. The fourth-order valence-electron chi connectivity index (χ4n) is 6.20. The third kappa shape index (κ3) is 3.05. The van der Waals surface area contributed by atoms with Crippen LogP contribution in [-0.2, 0) is 14.3 Å². The lowest BCUT2D eigenvalue weighted by atomic mass is 9.44. The van der Waals surface area contributed by atoms with Gasteiger partial charge in [0.1, 0.15) is 5.60 Å². The maximum atomic E-state index is 13.2. The molecular weight excluding hydrogens is 312 g/mol. The molecule has 144 valence electrons. The second-order valence-electron chi connectivity index (χ2n) is 10.2. The van der Waals surface area contributed by atoms with Crippen LogP contribution >= 0.6 is 0 Å². The van der Waals surface area contributed by atoms with Crippen molar-refractivity contribution in [3.63, 3.8) is 0 Å². The number of carbonyl (C=O) groups excluding carboxylic acids is 1. The van der Waals surface area contributed by atoms with Crippen molar-refractivity contribution < 1.29 is 14.3 Å². The van der Waals surface area contributed by atoms with E-state index >= 15 is 0 Å². The summed E-state index contributed by atoms with van der Waals surface area (Å²) in [5.74, 6) is 2.73. The Kier molecular flexibility index (Phi) is 5.03. The third-order valence-electron chi connectivity index (χ3n) is 7.77. The molecule has 0 unspecified atom stereocenters. The first-order chi connectivity index (χ1) is 11.7. The Morgan fingerprint density at radius 2 is 1.48 bits per heavy atom. The summed E-state index contributed by atoms with van der Waals surface area (Å²) in [5, 5.41) is 0. The zero-order chi connectivity index (χ0) is 18.5. The van der Waals surface area contributed by atoms with Crippen molar-refractivity contribution in [1.82, 2.24) is 0 Å². The molecule has 0 aromatic carbocycles. The van der Waals surface area contributed by atoms with Crippen LogP contribution in [0, 0.1) is 34.5 Å². The molecule has 0 aromatic rings. The molecule has 4 aliphatic carbocycles. The standard InChI is InChI=1S/C22H38O3/c1-7-20(3,4)19(23)25-22(21(5,6)14-24-8-2)17-10-15-9-16(12-17)13-18(22)11-15/h15-18H,7-14H2,1-6H3. The summed E-state index contributed by atoms with van der Waals surface area (Å²) in [6.45, 7) is 14.1.